The van der Waals surface area contributed by atoms with E-state index in [1.807, 2.05) is 6.92 Å². The van der Waals surface area contributed by atoms with Crippen molar-refractivity contribution in [2.45, 2.75) is 32.6 Å². The number of rotatable bonds is 18. The van der Waals surface area contributed by atoms with E-state index in [4.69, 9.17) is 14.2 Å². The van der Waals surface area contributed by atoms with Crippen molar-refractivity contribution >= 4 is 29.7 Å². The molecule has 0 aromatic carbocycles. The van der Waals surface area contributed by atoms with Crippen LogP contribution in [0, 0.1) is 0 Å². The Hall–Kier alpha value is -2.99. The first-order valence-electron chi connectivity index (χ1n) is 11.1. The molecule has 33 heavy (non-hydrogen) atoms. The standard InChI is InChI=1S/C21H34N4O8/c1-2-12-33-21(30)24-9-3-8-22-18(27)7-13-31-15-16-32-14-10-23-17(26)6-11-25-19(28)4-5-20(25)29/h4-5H,2-3,6-16H2,1H3,(H,22,27)(H,23,26)(H,24,30). The molecule has 0 aromatic rings. The number of carbonyl (C=O) groups is 5. The molecule has 3 N–H and O–H groups in total. The van der Waals surface area contributed by atoms with E-state index in [9.17, 15) is 24.0 Å². The molecule has 12 nitrogen and oxygen atoms in total. The van der Waals surface area contributed by atoms with Crippen molar-refractivity contribution in [2.75, 3.05) is 59.2 Å². The summed E-state index contributed by atoms with van der Waals surface area (Å²) in [6.07, 6.45) is 3.53. The quantitative estimate of drug-likeness (QED) is 0.179. The Kier molecular flexibility index (Phi) is 14.9. The van der Waals surface area contributed by atoms with E-state index in [1.54, 1.807) is 0 Å². The van der Waals surface area contributed by atoms with Crippen molar-refractivity contribution in [3.63, 3.8) is 0 Å². The van der Waals surface area contributed by atoms with Crippen LogP contribution in [0.3, 0.4) is 0 Å². The van der Waals surface area contributed by atoms with Crippen molar-refractivity contribution < 1.29 is 38.2 Å². The normalized spacial score (nSPS) is 12.7. The Bertz CT molecular complexity index is 665. The largest absolute Gasteiger partial charge is 0.450 e. The molecule has 0 aliphatic carbocycles. The van der Waals surface area contributed by atoms with Crippen molar-refractivity contribution in [3.8, 4) is 0 Å². The first-order valence-corrected chi connectivity index (χ1v) is 11.1. The van der Waals surface area contributed by atoms with Crippen molar-refractivity contribution in [3.05, 3.63) is 12.2 Å². The summed E-state index contributed by atoms with van der Waals surface area (Å²) in [4.78, 5) is 58.4. The molecule has 0 bridgehead atoms. The van der Waals surface area contributed by atoms with Crippen molar-refractivity contribution in [1.29, 1.82) is 0 Å². The molecular formula is C21H34N4O8. The van der Waals surface area contributed by atoms with Gasteiger partial charge in [0, 0.05) is 51.2 Å². The number of hydrogen-bond donors (Lipinski definition) is 3. The van der Waals surface area contributed by atoms with E-state index < -0.39 is 17.9 Å². The number of amides is 5. The molecule has 0 saturated heterocycles. The molecule has 0 spiro atoms. The molecule has 0 atom stereocenters. The molecular weight excluding hydrogens is 436 g/mol. The summed E-state index contributed by atoms with van der Waals surface area (Å²) in [5, 5.41) is 7.97. The van der Waals surface area contributed by atoms with Gasteiger partial charge < -0.3 is 30.2 Å². The number of imide groups is 1. The number of carbonyl (C=O) groups excluding carboxylic acids is 5. The summed E-state index contributed by atoms with van der Waals surface area (Å²) in [5.74, 6) is -1.24. The Morgan fingerprint density at radius 3 is 2.09 bits per heavy atom. The lowest BCUT2D eigenvalue weighted by Crippen LogP contribution is -2.35. The molecule has 5 amide bonds. The number of alkyl carbamates (subject to hydrolysis) is 1. The molecule has 0 unspecified atom stereocenters. The van der Waals surface area contributed by atoms with Crippen LogP contribution in [0.4, 0.5) is 4.79 Å². The highest BCUT2D eigenvalue weighted by Crippen LogP contribution is 2.03. The summed E-state index contributed by atoms with van der Waals surface area (Å²) < 4.78 is 15.5. The molecule has 0 radical (unpaired) electrons. The van der Waals surface area contributed by atoms with Gasteiger partial charge >= 0.3 is 6.09 Å². The van der Waals surface area contributed by atoms with Gasteiger partial charge in [0.2, 0.25) is 11.8 Å². The van der Waals surface area contributed by atoms with Crippen LogP contribution in [0.25, 0.3) is 0 Å². The minimum atomic E-state index is -0.452. The average Bonchev–Trinajstić information content (AvgIpc) is 3.11. The fourth-order valence-electron chi connectivity index (χ4n) is 2.54. The van der Waals surface area contributed by atoms with Gasteiger partial charge in [-0.05, 0) is 12.8 Å². The molecule has 0 fully saturated rings. The highest BCUT2D eigenvalue weighted by Gasteiger charge is 2.23. The average molecular weight is 471 g/mol. The van der Waals surface area contributed by atoms with Crippen molar-refractivity contribution in [2.24, 2.45) is 0 Å². The summed E-state index contributed by atoms with van der Waals surface area (Å²) in [6.45, 7) is 4.70. The SMILES string of the molecule is CCCOC(=O)NCCCNC(=O)CCOCCOCCNC(=O)CCN1C(=O)C=CC1=O. The van der Waals surface area contributed by atoms with E-state index in [1.165, 1.54) is 12.2 Å². The number of nitrogens with zero attached hydrogens (tertiary/aromatic N) is 1. The number of ether oxygens (including phenoxy) is 3. The fourth-order valence-corrected chi connectivity index (χ4v) is 2.54. The molecule has 186 valence electrons. The van der Waals surface area contributed by atoms with E-state index in [-0.39, 0.29) is 37.8 Å². The first-order chi connectivity index (χ1) is 15.9. The second-order valence-corrected chi connectivity index (χ2v) is 7.00. The second-order valence-electron chi connectivity index (χ2n) is 7.00. The first kappa shape index (κ1) is 28.0. The maximum atomic E-state index is 11.7. The lowest BCUT2D eigenvalue weighted by atomic mass is 10.3. The van der Waals surface area contributed by atoms with E-state index in [2.05, 4.69) is 16.0 Å². The summed E-state index contributed by atoms with van der Waals surface area (Å²) in [6, 6.07) is 0. The van der Waals surface area contributed by atoms with Gasteiger partial charge in [-0.25, -0.2) is 4.79 Å². The highest BCUT2D eigenvalue weighted by atomic mass is 16.5. The zero-order valence-corrected chi connectivity index (χ0v) is 19.1. The van der Waals surface area contributed by atoms with Gasteiger partial charge in [0.05, 0.1) is 33.0 Å². The third kappa shape index (κ3) is 13.9. The highest BCUT2D eigenvalue weighted by molar-refractivity contribution is 6.13. The third-order valence-corrected chi connectivity index (χ3v) is 4.26. The van der Waals surface area contributed by atoms with Crippen LogP contribution in [0.1, 0.15) is 32.6 Å². The fraction of sp³-hybridized carbons (Fsp3) is 0.667. The summed E-state index contributed by atoms with van der Waals surface area (Å²) >= 11 is 0. The van der Waals surface area contributed by atoms with E-state index in [0.29, 0.717) is 52.5 Å². The predicted octanol–water partition coefficient (Wildman–Crippen LogP) is -0.516. The zero-order valence-electron chi connectivity index (χ0n) is 19.1. The van der Waals surface area contributed by atoms with Crippen LogP contribution in [-0.4, -0.2) is 93.8 Å². The van der Waals surface area contributed by atoms with Gasteiger partial charge in [0.25, 0.3) is 11.8 Å². The minimum absolute atomic E-state index is 0.0341. The lowest BCUT2D eigenvalue weighted by Gasteiger charge is -2.13. The van der Waals surface area contributed by atoms with Crippen LogP contribution >= 0.6 is 0 Å². The van der Waals surface area contributed by atoms with E-state index in [0.717, 1.165) is 11.3 Å². The van der Waals surface area contributed by atoms with Gasteiger partial charge in [-0.15, -0.1) is 0 Å². The van der Waals surface area contributed by atoms with Crippen LogP contribution in [0.2, 0.25) is 0 Å². The smallest absolute Gasteiger partial charge is 0.407 e. The molecule has 1 aliphatic heterocycles. The summed E-state index contributed by atoms with van der Waals surface area (Å²) in [7, 11) is 0. The van der Waals surface area contributed by atoms with Crippen LogP contribution in [0.15, 0.2) is 12.2 Å². The number of nitrogens with one attached hydrogen (secondary N) is 3. The topological polar surface area (TPSA) is 152 Å². The van der Waals surface area contributed by atoms with Crippen LogP contribution < -0.4 is 16.0 Å². The summed E-state index contributed by atoms with van der Waals surface area (Å²) in [5.41, 5.74) is 0. The molecule has 0 aromatic heterocycles. The van der Waals surface area contributed by atoms with Gasteiger partial charge in [0.1, 0.15) is 0 Å². The maximum Gasteiger partial charge on any atom is 0.407 e. The second kappa shape index (κ2) is 17.6. The zero-order chi connectivity index (χ0) is 24.3. The molecule has 0 saturated carbocycles. The molecule has 1 aliphatic rings. The Morgan fingerprint density at radius 1 is 0.788 bits per heavy atom. The van der Waals surface area contributed by atoms with Gasteiger partial charge in [0.15, 0.2) is 0 Å². The van der Waals surface area contributed by atoms with Crippen molar-refractivity contribution in [1.82, 2.24) is 20.9 Å². The molecule has 1 heterocycles. The van der Waals surface area contributed by atoms with Gasteiger partial charge in [-0.3, -0.25) is 24.1 Å². The predicted molar refractivity (Wildman–Crippen MR) is 117 cm³/mol. The van der Waals surface area contributed by atoms with Crippen LogP contribution in [0.5, 0.6) is 0 Å². The maximum absolute atomic E-state index is 11.7. The van der Waals surface area contributed by atoms with Crippen LogP contribution in [-0.2, 0) is 33.4 Å². The monoisotopic (exact) mass is 470 g/mol. The third-order valence-electron chi connectivity index (χ3n) is 4.26. The lowest BCUT2D eigenvalue weighted by molar-refractivity contribution is -0.137. The van der Waals surface area contributed by atoms with Gasteiger partial charge in [-0.2, -0.15) is 0 Å². The minimum Gasteiger partial charge on any atom is -0.450 e. The molecule has 12 heteroatoms. The molecule has 1 rings (SSSR count). The number of hydrogen-bond acceptors (Lipinski definition) is 8. The van der Waals surface area contributed by atoms with Gasteiger partial charge in [-0.1, -0.05) is 6.92 Å². The Labute approximate surface area is 193 Å². The van der Waals surface area contributed by atoms with E-state index >= 15 is 0 Å². The Balaban J connectivity index is 1.85. The Morgan fingerprint density at radius 2 is 1.39 bits per heavy atom.